The molecular formula is C11H14N4OS. The molecule has 2 heterocycles. The quantitative estimate of drug-likeness (QED) is 0.375. The Labute approximate surface area is 104 Å². The molecule has 3 N–H and O–H groups in total. The van der Waals surface area contributed by atoms with E-state index in [1.807, 2.05) is 26.0 Å². The van der Waals surface area contributed by atoms with Crippen molar-refractivity contribution in [1.82, 2.24) is 9.97 Å². The maximum absolute atomic E-state index is 5.41. The third-order valence-electron chi connectivity index (χ3n) is 2.28. The molecule has 0 saturated carbocycles. The highest BCUT2D eigenvalue weighted by atomic mass is 32.2. The van der Waals surface area contributed by atoms with Gasteiger partial charge in [0.2, 0.25) is 0 Å². The van der Waals surface area contributed by atoms with Gasteiger partial charge in [0.25, 0.3) is 0 Å². The normalized spacial score (nSPS) is 10.5. The molecule has 0 unspecified atom stereocenters. The van der Waals surface area contributed by atoms with Gasteiger partial charge >= 0.3 is 0 Å². The minimum Gasteiger partial charge on any atom is -0.468 e. The van der Waals surface area contributed by atoms with Crippen LogP contribution in [0.15, 0.2) is 27.8 Å². The molecule has 6 heteroatoms. The van der Waals surface area contributed by atoms with E-state index >= 15 is 0 Å². The molecule has 0 atom stereocenters. The van der Waals surface area contributed by atoms with E-state index in [4.69, 9.17) is 10.3 Å². The van der Waals surface area contributed by atoms with Crippen molar-refractivity contribution in [3.8, 4) is 0 Å². The number of aromatic nitrogens is 2. The van der Waals surface area contributed by atoms with Crippen molar-refractivity contribution in [2.45, 2.75) is 24.6 Å². The smallest absolute Gasteiger partial charge is 0.147 e. The van der Waals surface area contributed by atoms with E-state index in [0.717, 1.165) is 22.1 Å². The maximum atomic E-state index is 5.41. The minimum absolute atomic E-state index is 0.666. The Kier molecular flexibility index (Phi) is 3.65. The summed E-state index contributed by atoms with van der Waals surface area (Å²) in [6.45, 7) is 3.79. The largest absolute Gasteiger partial charge is 0.468 e. The number of nitrogens with one attached hydrogen (secondary N) is 1. The summed E-state index contributed by atoms with van der Waals surface area (Å²) in [7, 11) is 0. The molecule has 2 aromatic rings. The molecule has 0 aliphatic heterocycles. The fourth-order valence-electron chi connectivity index (χ4n) is 1.42. The monoisotopic (exact) mass is 250 g/mol. The van der Waals surface area contributed by atoms with Crippen LogP contribution in [0, 0.1) is 13.8 Å². The van der Waals surface area contributed by atoms with Crippen LogP contribution in [0.3, 0.4) is 0 Å². The first-order valence-corrected chi connectivity index (χ1v) is 6.16. The van der Waals surface area contributed by atoms with Crippen molar-refractivity contribution in [2.75, 3.05) is 5.43 Å². The SMILES string of the molecule is Cc1nc(NN)c(C)c(SCc2ccco2)n1. The summed E-state index contributed by atoms with van der Waals surface area (Å²) < 4.78 is 5.28. The number of nitrogens with two attached hydrogens (primary N) is 1. The topological polar surface area (TPSA) is 77.0 Å². The molecular weight excluding hydrogens is 236 g/mol. The number of thioether (sulfide) groups is 1. The number of nitrogens with zero attached hydrogens (tertiary/aromatic N) is 2. The summed E-state index contributed by atoms with van der Waals surface area (Å²) in [6, 6.07) is 3.82. The Bertz CT molecular complexity index is 498. The fourth-order valence-corrected chi connectivity index (χ4v) is 2.37. The number of anilines is 1. The summed E-state index contributed by atoms with van der Waals surface area (Å²) in [4.78, 5) is 8.61. The molecule has 0 bridgehead atoms. The Morgan fingerprint density at radius 1 is 1.41 bits per heavy atom. The van der Waals surface area contributed by atoms with Crippen LogP contribution in [0.1, 0.15) is 17.1 Å². The van der Waals surface area contributed by atoms with Crippen LogP contribution < -0.4 is 11.3 Å². The molecule has 0 amide bonds. The molecule has 90 valence electrons. The third-order valence-corrected chi connectivity index (χ3v) is 3.38. The predicted molar refractivity (Wildman–Crippen MR) is 67.6 cm³/mol. The third kappa shape index (κ3) is 2.78. The van der Waals surface area contributed by atoms with E-state index < -0.39 is 0 Å². The van der Waals surface area contributed by atoms with Crippen LogP contribution in [0.2, 0.25) is 0 Å². The number of hydrogen-bond acceptors (Lipinski definition) is 6. The predicted octanol–water partition coefficient (Wildman–Crippen LogP) is 2.26. The molecule has 0 saturated heterocycles. The first kappa shape index (κ1) is 11.9. The van der Waals surface area contributed by atoms with E-state index in [1.165, 1.54) is 0 Å². The fraction of sp³-hybridized carbons (Fsp3) is 0.273. The van der Waals surface area contributed by atoms with E-state index in [9.17, 15) is 0 Å². The van der Waals surface area contributed by atoms with Crippen LogP contribution >= 0.6 is 11.8 Å². The molecule has 0 fully saturated rings. The van der Waals surface area contributed by atoms with Gasteiger partial charge in [-0.25, -0.2) is 15.8 Å². The highest BCUT2D eigenvalue weighted by Crippen LogP contribution is 2.27. The molecule has 0 aliphatic carbocycles. The van der Waals surface area contributed by atoms with Crippen LogP contribution in [0.5, 0.6) is 0 Å². The molecule has 2 rings (SSSR count). The first-order chi connectivity index (χ1) is 8.20. The first-order valence-electron chi connectivity index (χ1n) is 5.17. The Morgan fingerprint density at radius 3 is 2.88 bits per heavy atom. The van der Waals surface area contributed by atoms with Gasteiger partial charge in [-0.05, 0) is 26.0 Å². The number of aryl methyl sites for hydroxylation is 1. The average Bonchev–Trinajstić information content (AvgIpc) is 2.82. The van der Waals surface area contributed by atoms with Crippen molar-refractivity contribution in [1.29, 1.82) is 0 Å². The average molecular weight is 250 g/mol. The van der Waals surface area contributed by atoms with Crippen LogP contribution in [0.4, 0.5) is 5.82 Å². The summed E-state index contributed by atoms with van der Waals surface area (Å²) in [5.41, 5.74) is 3.54. The second kappa shape index (κ2) is 5.20. The van der Waals surface area contributed by atoms with Gasteiger partial charge in [-0.1, -0.05) is 11.8 Å². The lowest BCUT2D eigenvalue weighted by Gasteiger charge is -2.09. The van der Waals surface area contributed by atoms with Gasteiger partial charge in [-0.3, -0.25) is 0 Å². The molecule has 2 aromatic heterocycles. The van der Waals surface area contributed by atoms with Gasteiger partial charge in [0.15, 0.2) is 0 Å². The zero-order valence-corrected chi connectivity index (χ0v) is 10.5. The lowest BCUT2D eigenvalue weighted by atomic mass is 10.3. The Morgan fingerprint density at radius 2 is 2.24 bits per heavy atom. The molecule has 0 radical (unpaired) electrons. The second-order valence-electron chi connectivity index (χ2n) is 3.56. The van der Waals surface area contributed by atoms with Crippen molar-refractivity contribution >= 4 is 17.6 Å². The van der Waals surface area contributed by atoms with Crippen LogP contribution in [-0.4, -0.2) is 9.97 Å². The van der Waals surface area contributed by atoms with Crippen molar-refractivity contribution in [3.63, 3.8) is 0 Å². The number of nitrogen functional groups attached to an aromatic ring is 1. The lowest BCUT2D eigenvalue weighted by Crippen LogP contribution is -2.12. The second-order valence-corrected chi connectivity index (χ2v) is 4.53. The molecule has 0 aliphatic rings. The summed E-state index contributed by atoms with van der Waals surface area (Å²) in [5.74, 6) is 8.45. The van der Waals surface area contributed by atoms with Crippen LogP contribution in [-0.2, 0) is 5.75 Å². The highest BCUT2D eigenvalue weighted by molar-refractivity contribution is 7.98. The van der Waals surface area contributed by atoms with Gasteiger partial charge in [-0.15, -0.1) is 0 Å². The van der Waals surface area contributed by atoms with Gasteiger partial charge in [0.1, 0.15) is 22.4 Å². The van der Waals surface area contributed by atoms with Gasteiger partial charge in [0.05, 0.1) is 12.0 Å². The minimum atomic E-state index is 0.666. The van der Waals surface area contributed by atoms with Gasteiger partial charge < -0.3 is 9.84 Å². The Balaban J connectivity index is 2.17. The van der Waals surface area contributed by atoms with E-state index in [1.54, 1.807) is 18.0 Å². The number of furan rings is 1. The van der Waals surface area contributed by atoms with Gasteiger partial charge in [-0.2, -0.15) is 0 Å². The standard InChI is InChI=1S/C11H14N4OS/c1-7-10(15-12)13-8(2)14-11(7)17-6-9-4-3-5-16-9/h3-5H,6,12H2,1-2H3,(H,13,14,15). The lowest BCUT2D eigenvalue weighted by molar-refractivity contribution is 0.530. The molecule has 0 spiro atoms. The summed E-state index contributed by atoms with van der Waals surface area (Å²) in [6.07, 6.45) is 1.67. The maximum Gasteiger partial charge on any atom is 0.147 e. The van der Waals surface area contributed by atoms with Gasteiger partial charge in [0, 0.05) is 5.56 Å². The van der Waals surface area contributed by atoms with Crippen molar-refractivity contribution in [2.24, 2.45) is 5.84 Å². The number of rotatable bonds is 4. The van der Waals surface area contributed by atoms with Crippen molar-refractivity contribution in [3.05, 3.63) is 35.5 Å². The molecule has 5 nitrogen and oxygen atoms in total. The van der Waals surface area contributed by atoms with E-state index in [0.29, 0.717) is 11.6 Å². The number of hydrogen-bond donors (Lipinski definition) is 2. The van der Waals surface area contributed by atoms with Crippen LogP contribution in [0.25, 0.3) is 0 Å². The van der Waals surface area contributed by atoms with E-state index in [2.05, 4.69) is 15.4 Å². The zero-order chi connectivity index (χ0) is 12.3. The summed E-state index contributed by atoms with van der Waals surface area (Å²) in [5, 5.41) is 0.918. The highest BCUT2D eigenvalue weighted by Gasteiger charge is 2.09. The zero-order valence-electron chi connectivity index (χ0n) is 9.73. The summed E-state index contributed by atoms with van der Waals surface area (Å²) >= 11 is 1.61. The molecule has 0 aromatic carbocycles. The van der Waals surface area contributed by atoms with Crippen molar-refractivity contribution < 1.29 is 4.42 Å². The number of hydrazine groups is 1. The Hall–Kier alpha value is -1.53. The molecule has 17 heavy (non-hydrogen) atoms. The van der Waals surface area contributed by atoms with E-state index in [-0.39, 0.29) is 0 Å².